The van der Waals surface area contributed by atoms with Gasteiger partial charge < -0.3 is 5.11 Å². The van der Waals surface area contributed by atoms with Gasteiger partial charge in [0.15, 0.2) is 0 Å². The van der Waals surface area contributed by atoms with Gasteiger partial charge in [0.1, 0.15) is 0 Å². The number of aliphatic hydroxyl groups excluding tert-OH is 1. The van der Waals surface area contributed by atoms with Crippen LogP contribution in [0.3, 0.4) is 0 Å². The highest BCUT2D eigenvalue weighted by Gasteiger charge is 2.30. The first-order chi connectivity index (χ1) is 9.77. The molecule has 1 N–H and O–H groups in total. The number of aliphatic hydroxyl groups is 1. The van der Waals surface area contributed by atoms with E-state index >= 15 is 0 Å². The Morgan fingerprint density at radius 1 is 1.05 bits per heavy atom. The monoisotopic (exact) mass is 294 g/mol. The highest BCUT2D eigenvalue weighted by atomic mass is 19.4. The summed E-state index contributed by atoms with van der Waals surface area (Å²) < 4.78 is 38.1. The number of halogens is 3. The molecule has 0 spiro atoms. The van der Waals surface area contributed by atoms with E-state index in [1.54, 1.807) is 0 Å². The van der Waals surface area contributed by atoms with Crippen LogP contribution in [0.2, 0.25) is 0 Å². The molecular formula is C17H17F3O. The largest absolute Gasteiger partial charge is 0.416 e. The molecule has 1 nitrogen and oxygen atoms in total. The number of aryl methyl sites for hydroxylation is 2. The van der Waals surface area contributed by atoms with Gasteiger partial charge in [-0.25, -0.2) is 0 Å². The molecule has 2 aromatic carbocycles. The first-order valence-electron chi connectivity index (χ1n) is 6.69. The predicted octanol–water partition coefficient (Wildman–Crippen LogP) is 4.60. The molecule has 112 valence electrons. The first kappa shape index (κ1) is 15.6. The SMILES string of the molecule is Cc1ccc(C)c(CC(O)c2cccc(C(F)(F)F)c2)c1. The molecule has 2 rings (SSSR count). The summed E-state index contributed by atoms with van der Waals surface area (Å²) >= 11 is 0. The summed E-state index contributed by atoms with van der Waals surface area (Å²) in [4.78, 5) is 0. The highest BCUT2D eigenvalue weighted by molar-refractivity contribution is 5.33. The van der Waals surface area contributed by atoms with Gasteiger partial charge in [0.05, 0.1) is 11.7 Å². The summed E-state index contributed by atoms with van der Waals surface area (Å²) in [5.74, 6) is 0. The average Bonchev–Trinajstić information content (AvgIpc) is 2.42. The Hall–Kier alpha value is -1.81. The van der Waals surface area contributed by atoms with Gasteiger partial charge in [0.25, 0.3) is 0 Å². The summed E-state index contributed by atoms with van der Waals surface area (Å²) in [6.45, 7) is 3.87. The van der Waals surface area contributed by atoms with Crippen LogP contribution in [0.5, 0.6) is 0 Å². The van der Waals surface area contributed by atoms with E-state index in [4.69, 9.17) is 0 Å². The lowest BCUT2D eigenvalue weighted by molar-refractivity contribution is -0.137. The maximum Gasteiger partial charge on any atom is 0.416 e. The van der Waals surface area contributed by atoms with Crippen molar-refractivity contribution >= 4 is 0 Å². The van der Waals surface area contributed by atoms with Crippen molar-refractivity contribution in [1.82, 2.24) is 0 Å². The molecule has 1 atom stereocenters. The Bertz CT molecular complexity index is 632. The van der Waals surface area contributed by atoms with Gasteiger partial charge in [-0.3, -0.25) is 0 Å². The molecule has 21 heavy (non-hydrogen) atoms. The second-order valence-corrected chi connectivity index (χ2v) is 5.27. The van der Waals surface area contributed by atoms with E-state index in [1.807, 2.05) is 32.0 Å². The van der Waals surface area contributed by atoms with Crippen molar-refractivity contribution in [2.75, 3.05) is 0 Å². The van der Waals surface area contributed by atoms with E-state index in [2.05, 4.69) is 0 Å². The normalized spacial score (nSPS) is 13.2. The van der Waals surface area contributed by atoms with E-state index < -0.39 is 17.8 Å². The Labute approximate surface area is 122 Å². The zero-order valence-corrected chi connectivity index (χ0v) is 11.9. The smallest absolute Gasteiger partial charge is 0.388 e. The quantitative estimate of drug-likeness (QED) is 0.877. The van der Waals surface area contributed by atoms with Crippen molar-refractivity contribution in [3.63, 3.8) is 0 Å². The minimum Gasteiger partial charge on any atom is -0.388 e. The molecular weight excluding hydrogens is 277 g/mol. The van der Waals surface area contributed by atoms with Crippen molar-refractivity contribution < 1.29 is 18.3 Å². The fourth-order valence-corrected chi connectivity index (χ4v) is 2.27. The molecule has 0 heterocycles. The molecule has 0 radical (unpaired) electrons. The average molecular weight is 294 g/mol. The van der Waals surface area contributed by atoms with Crippen LogP contribution in [0.1, 0.15) is 33.9 Å². The molecule has 0 amide bonds. The topological polar surface area (TPSA) is 20.2 Å². The van der Waals surface area contributed by atoms with Crippen LogP contribution in [-0.4, -0.2) is 5.11 Å². The van der Waals surface area contributed by atoms with Gasteiger partial charge in [0.2, 0.25) is 0 Å². The number of rotatable bonds is 3. The van der Waals surface area contributed by atoms with Crippen molar-refractivity contribution in [2.24, 2.45) is 0 Å². The summed E-state index contributed by atoms with van der Waals surface area (Å²) in [6.07, 6.45) is -5.04. The molecule has 0 saturated heterocycles. The number of hydrogen-bond donors (Lipinski definition) is 1. The summed E-state index contributed by atoms with van der Waals surface area (Å²) in [5.41, 5.74) is 2.57. The van der Waals surface area contributed by atoms with Crippen molar-refractivity contribution in [3.8, 4) is 0 Å². The van der Waals surface area contributed by atoms with Gasteiger partial charge >= 0.3 is 6.18 Å². The van der Waals surface area contributed by atoms with E-state index in [0.29, 0.717) is 6.42 Å². The van der Waals surface area contributed by atoms with Gasteiger partial charge in [-0.15, -0.1) is 0 Å². The second kappa shape index (κ2) is 5.90. The van der Waals surface area contributed by atoms with E-state index in [1.165, 1.54) is 12.1 Å². The van der Waals surface area contributed by atoms with Crippen LogP contribution in [0.4, 0.5) is 13.2 Å². The van der Waals surface area contributed by atoms with Crippen LogP contribution in [0.15, 0.2) is 42.5 Å². The van der Waals surface area contributed by atoms with Crippen LogP contribution in [0.25, 0.3) is 0 Å². The summed E-state index contributed by atoms with van der Waals surface area (Å²) in [5, 5.41) is 10.2. The van der Waals surface area contributed by atoms with Gasteiger partial charge in [-0.1, -0.05) is 35.9 Å². The first-order valence-corrected chi connectivity index (χ1v) is 6.69. The highest BCUT2D eigenvalue weighted by Crippen LogP contribution is 2.31. The van der Waals surface area contributed by atoms with Crippen LogP contribution in [0, 0.1) is 13.8 Å². The lowest BCUT2D eigenvalue weighted by atomic mass is 9.96. The van der Waals surface area contributed by atoms with Crippen LogP contribution in [-0.2, 0) is 12.6 Å². The molecule has 0 aliphatic rings. The molecule has 1 unspecified atom stereocenters. The third-order valence-corrected chi connectivity index (χ3v) is 3.52. The molecule has 0 aliphatic carbocycles. The lowest BCUT2D eigenvalue weighted by Gasteiger charge is -2.15. The third kappa shape index (κ3) is 3.85. The van der Waals surface area contributed by atoms with Gasteiger partial charge in [0, 0.05) is 6.42 Å². The van der Waals surface area contributed by atoms with Crippen LogP contribution < -0.4 is 0 Å². The minimum absolute atomic E-state index is 0.283. The number of benzene rings is 2. The van der Waals surface area contributed by atoms with Gasteiger partial charge in [-0.05, 0) is 42.7 Å². The minimum atomic E-state index is -4.39. The van der Waals surface area contributed by atoms with E-state index in [-0.39, 0.29) is 5.56 Å². The Morgan fingerprint density at radius 2 is 1.76 bits per heavy atom. The standard InChI is InChI=1S/C17H17F3O/c1-11-6-7-12(2)14(8-11)10-16(21)13-4-3-5-15(9-13)17(18,19)20/h3-9,16,21H,10H2,1-2H3. The van der Waals surface area contributed by atoms with Crippen molar-refractivity contribution in [2.45, 2.75) is 32.5 Å². The van der Waals surface area contributed by atoms with Gasteiger partial charge in [-0.2, -0.15) is 13.2 Å². The number of hydrogen-bond acceptors (Lipinski definition) is 1. The molecule has 0 fully saturated rings. The Balaban J connectivity index is 2.24. The molecule has 0 bridgehead atoms. The Kier molecular flexibility index (Phi) is 4.37. The Morgan fingerprint density at radius 3 is 2.43 bits per heavy atom. The van der Waals surface area contributed by atoms with Crippen molar-refractivity contribution in [3.05, 3.63) is 70.3 Å². The molecule has 0 aliphatic heterocycles. The second-order valence-electron chi connectivity index (χ2n) is 5.27. The molecule has 0 aromatic heterocycles. The third-order valence-electron chi connectivity index (χ3n) is 3.52. The summed E-state index contributed by atoms with van der Waals surface area (Å²) in [7, 11) is 0. The zero-order valence-electron chi connectivity index (χ0n) is 11.9. The fourth-order valence-electron chi connectivity index (χ4n) is 2.27. The molecule has 0 saturated carbocycles. The number of alkyl halides is 3. The maximum atomic E-state index is 12.7. The molecule has 4 heteroatoms. The van der Waals surface area contributed by atoms with Crippen LogP contribution >= 0.6 is 0 Å². The van der Waals surface area contributed by atoms with E-state index in [9.17, 15) is 18.3 Å². The lowest BCUT2D eigenvalue weighted by Crippen LogP contribution is -2.08. The van der Waals surface area contributed by atoms with Crippen molar-refractivity contribution in [1.29, 1.82) is 0 Å². The summed E-state index contributed by atoms with van der Waals surface area (Å²) in [6, 6.07) is 10.7. The fraction of sp³-hybridized carbons (Fsp3) is 0.294. The van der Waals surface area contributed by atoms with E-state index in [0.717, 1.165) is 28.8 Å². The predicted molar refractivity (Wildman–Crippen MR) is 76.0 cm³/mol. The maximum absolute atomic E-state index is 12.7. The molecule has 2 aromatic rings. The zero-order chi connectivity index (χ0) is 15.6.